The summed E-state index contributed by atoms with van der Waals surface area (Å²) < 4.78 is 21.6. The first kappa shape index (κ1) is 19.4. The SMILES string of the molecule is COc1cc(C(=O)/C=C/c2ccccc2OC(C)C)cc(OC)c1OC. The van der Waals surface area contributed by atoms with Gasteiger partial charge >= 0.3 is 0 Å². The molecule has 0 atom stereocenters. The van der Waals surface area contributed by atoms with E-state index in [2.05, 4.69) is 0 Å². The molecular formula is C21H24O5. The van der Waals surface area contributed by atoms with Crippen molar-refractivity contribution in [2.45, 2.75) is 20.0 Å². The van der Waals surface area contributed by atoms with Gasteiger partial charge in [-0.05, 0) is 44.2 Å². The summed E-state index contributed by atoms with van der Waals surface area (Å²) >= 11 is 0. The summed E-state index contributed by atoms with van der Waals surface area (Å²) in [5, 5.41) is 0. The van der Waals surface area contributed by atoms with E-state index in [1.165, 1.54) is 27.4 Å². The van der Waals surface area contributed by atoms with Crippen molar-refractivity contribution in [2.24, 2.45) is 0 Å². The van der Waals surface area contributed by atoms with Crippen LogP contribution < -0.4 is 18.9 Å². The molecule has 0 fully saturated rings. The molecule has 0 saturated heterocycles. The molecule has 0 unspecified atom stereocenters. The van der Waals surface area contributed by atoms with Crippen LogP contribution in [0.4, 0.5) is 0 Å². The summed E-state index contributed by atoms with van der Waals surface area (Å²) in [7, 11) is 4.55. The molecule has 0 heterocycles. The first-order valence-corrected chi connectivity index (χ1v) is 8.28. The first-order valence-electron chi connectivity index (χ1n) is 8.28. The smallest absolute Gasteiger partial charge is 0.203 e. The van der Waals surface area contributed by atoms with E-state index in [1.54, 1.807) is 18.2 Å². The van der Waals surface area contributed by atoms with Crippen LogP contribution in [0.25, 0.3) is 6.08 Å². The Hall–Kier alpha value is -2.95. The van der Waals surface area contributed by atoms with Crippen molar-refractivity contribution in [3.8, 4) is 23.0 Å². The van der Waals surface area contributed by atoms with Gasteiger partial charge in [0, 0.05) is 11.1 Å². The lowest BCUT2D eigenvalue weighted by Gasteiger charge is -2.13. The minimum absolute atomic E-state index is 0.0513. The van der Waals surface area contributed by atoms with E-state index < -0.39 is 0 Å². The number of ketones is 1. The average molecular weight is 356 g/mol. The lowest BCUT2D eigenvalue weighted by molar-refractivity contribution is 0.104. The predicted molar refractivity (Wildman–Crippen MR) is 102 cm³/mol. The number of hydrogen-bond donors (Lipinski definition) is 0. The topological polar surface area (TPSA) is 54.0 Å². The van der Waals surface area contributed by atoms with Gasteiger partial charge in [-0.2, -0.15) is 0 Å². The highest BCUT2D eigenvalue weighted by Gasteiger charge is 2.15. The second kappa shape index (κ2) is 8.94. The van der Waals surface area contributed by atoms with Crippen LogP contribution in [0.5, 0.6) is 23.0 Å². The molecular weight excluding hydrogens is 332 g/mol. The fourth-order valence-electron chi connectivity index (χ4n) is 2.46. The van der Waals surface area contributed by atoms with Crippen molar-refractivity contribution in [3.63, 3.8) is 0 Å². The molecule has 2 aromatic rings. The van der Waals surface area contributed by atoms with E-state index in [0.717, 1.165) is 11.3 Å². The standard InChI is InChI=1S/C21H24O5/c1-14(2)26-18-9-7-6-8-15(18)10-11-17(22)16-12-19(23-3)21(25-5)20(13-16)24-4/h6-14H,1-5H3/b11-10+. The summed E-state index contributed by atoms with van der Waals surface area (Å²) in [4.78, 5) is 12.6. The van der Waals surface area contributed by atoms with E-state index in [1.807, 2.05) is 38.1 Å². The second-order valence-electron chi connectivity index (χ2n) is 5.82. The minimum atomic E-state index is -0.177. The van der Waals surface area contributed by atoms with Crippen LogP contribution in [-0.2, 0) is 0 Å². The van der Waals surface area contributed by atoms with Gasteiger partial charge in [0.2, 0.25) is 5.75 Å². The second-order valence-corrected chi connectivity index (χ2v) is 5.82. The van der Waals surface area contributed by atoms with Gasteiger partial charge in [-0.25, -0.2) is 0 Å². The van der Waals surface area contributed by atoms with Gasteiger partial charge in [-0.3, -0.25) is 4.79 Å². The van der Waals surface area contributed by atoms with Crippen LogP contribution in [0.3, 0.4) is 0 Å². The number of ether oxygens (including phenoxy) is 4. The Morgan fingerprint density at radius 2 is 1.54 bits per heavy atom. The molecule has 0 radical (unpaired) electrons. The van der Waals surface area contributed by atoms with Gasteiger partial charge in [0.25, 0.3) is 0 Å². The highest BCUT2D eigenvalue weighted by atomic mass is 16.5. The maximum atomic E-state index is 12.6. The molecule has 2 aromatic carbocycles. The van der Waals surface area contributed by atoms with Gasteiger partial charge in [0.15, 0.2) is 17.3 Å². The lowest BCUT2D eigenvalue weighted by atomic mass is 10.1. The van der Waals surface area contributed by atoms with Crippen molar-refractivity contribution in [1.82, 2.24) is 0 Å². The normalized spacial score (nSPS) is 10.8. The average Bonchev–Trinajstić information content (AvgIpc) is 2.65. The monoisotopic (exact) mass is 356 g/mol. The molecule has 138 valence electrons. The zero-order chi connectivity index (χ0) is 19.1. The number of hydrogen-bond acceptors (Lipinski definition) is 5. The molecule has 5 nitrogen and oxygen atoms in total. The van der Waals surface area contributed by atoms with E-state index in [9.17, 15) is 4.79 Å². The fraction of sp³-hybridized carbons (Fsp3) is 0.286. The molecule has 0 spiro atoms. The molecule has 26 heavy (non-hydrogen) atoms. The Morgan fingerprint density at radius 3 is 2.08 bits per heavy atom. The number of rotatable bonds is 8. The Labute approximate surface area is 154 Å². The molecule has 0 aliphatic carbocycles. The van der Waals surface area contributed by atoms with Crippen LogP contribution in [-0.4, -0.2) is 33.2 Å². The third kappa shape index (κ3) is 4.57. The molecule has 0 aliphatic rings. The van der Waals surface area contributed by atoms with E-state index in [0.29, 0.717) is 22.8 Å². The Bertz CT molecular complexity index is 768. The van der Waals surface area contributed by atoms with Crippen molar-refractivity contribution in [2.75, 3.05) is 21.3 Å². The quantitative estimate of drug-likeness (QED) is 0.518. The van der Waals surface area contributed by atoms with Crippen LogP contribution in [0.1, 0.15) is 29.8 Å². The van der Waals surface area contributed by atoms with Crippen LogP contribution in [0.15, 0.2) is 42.5 Å². The summed E-state index contributed by atoms with van der Waals surface area (Å²) in [6.07, 6.45) is 3.29. The number of carbonyl (C=O) groups excluding carboxylic acids is 1. The Kier molecular flexibility index (Phi) is 6.67. The number of para-hydroxylation sites is 1. The fourth-order valence-corrected chi connectivity index (χ4v) is 2.46. The highest BCUT2D eigenvalue weighted by Crippen LogP contribution is 2.38. The van der Waals surface area contributed by atoms with Crippen molar-refractivity contribution in [1.29, 1.82) is 0 Å². The maximum absolute atomic E-state index is 12.6. The maximum Gasteiger partial charge on any atom is 0.203 e. The van der Waals surface area contributed by atoms with E-state index in [-0.39, 0.29) is 11.9 Å². The van der Waals surface area contributed by atoms with E-state index in [4.69, 9.17) is 18.9 Å². The van der Waals surface area contributed by atoms with Crippen LogP contribution in [0.2, 0.25) is 0 Å². The highest BCUT2D eigenvalue weighted by molar-refractivity contribution is 6.07. The van der Waals surface area contributed by atoms with Gasteiger partial charge in [-0.1, -0.05) is 18.2 Å². The Balaban J connectivity index is 2.32. The summed E-state index contributed by atoms with van der Waals surface area (Å²) in [6, 6.07) is 10.8. The van der Waals surface area contributed by atoms with E-state index >= 15 is 0 Å². The molecule has 0 amide bonds. The number of methoxy groups -OCH3 is 3. The zero-order valence-corrected chi connectivity index (χ0v) is 15.7. The van der Waals surface area contributed by atoms with Crippen molar-refractivity contribution >= 4 is 11.9 Å². The van der Waals surface area contributed by atoms with Crippen molar-refractivity contribution in [3.05, 3.63) is 53.6 Å². The third-order valence-electron chi connectivity index (χ3n) is 3.65. The molecule has 0 aromatic heterocycles. The molecule has 0 bridgehead atoms. The zero-order valence-electron chi connectivity index (χ0n) is 15.7. The largest absolute Gasteiger partial charge is 0.493 e. The lowest BCUT2D eigenvalue weighted by Crippen LogP contribution is -2.06. The predicted octanol–water partition coefficient (Wildman–Crippen LogP) is 4.40. The molecule has 0 aliphatic heterocycles. The van der Waals surface area contributed by atoms with Gasteiger partial charge < -0.3 is 18.9 Å². The summed E-state index contributed by atoms with van der Waals surface area (Å²) in [6.45, 7) is 3.92. The molecule has 0 N–H and O–H groups in total. The van der Waals surface area contributed by atoms with Crippen LogP contribution >= 0.6 is 0 Å². The van der Waals surface area contributed by atoms with Crippen LogP contribution in [0, 0.1) is 0 Å². The summed E-state index contributed by atoms with van der Waals surface area (Å²) in [5.74, 6) is 1.88. The van der Waals surface area contributed by atoms with Gasteiger partial charge in [0.1, 0.15) is 5.75 Å². The number of benzene rings is 2. The summed E-state index contributed by atoms with van der Waals surface area (Å²) in [5.41, 5.74) is 1.28. The first-order chi connectivity index (χ1) is 12.5. The minimum Gasteiger partial charge on any atom is -0.493 e. The van der Waals surface area contributed by atoms with Gasteiger partial charge in [-0.15, -0.1) is 0 Å². The molecule has 2 rings (SSSR count). The number of allylic oxidation sites excluding steroid dienone is 1. The van der Waals surface area contributed by atoms with Crippen molar-refractivity contribution < 1.29 is 23.7 Å². The third-order valence-corrected chi connectivity index (χ3v) is 3.65. The molecule has 5 heteroatoms. The number of carbonyl (C=O) groups is 1. The Morgan fingerprint density at radius 1 is 0.923 bits per heavy atom. The molecule has 0 saturated carbocycles. The van der Waals surface area contributed by atoms with Gasteiger partial charge in [0.05, 0.1) is 27.4 Å².